The summed E-state index contributed by atoms with van der Waals surface area (Å²) in [6, 6.07) is 15.6. The fraction of sp³-hybridized carbons (Fsp3) is 0.208. The Bertz CT molecular complexity index is 1210. The molecule has 1 aliphatic heterocycles. The van der Waals surface area contributed by atoms with E-state index < -0.39 is 23.8 Å². The van der Waals surface area contributed by atoms with E-state index in [9.17, 15) is 19.2 Å². The van der Waals surface area contributed by atoms with Gasteiger partial charge in [0.1, 0.15) is 6.04 Å². The molecule has 2 aromatic carbocycles. The van der Waals surface area contributed by atoms with Crippen LogP contribution in [0.4, 0.5) is 5.69 Å². The van der Waals surface area contributed by atoms with E-state index in [1.807, 2.05) is 13.8 Å². The number of hydrogen-bond donors (Lipinski definition) is 2. The van der Waals surface area contributed by atoms with Crippen LogP contribution < -0.4 is 10.9 Å². The van der Waals surface area contributed by atoms with E-state index in [2.05, 4.69) is 15.5 Å². The Morgan fingerprint density at radius 2 is 1.69 bits per heavy atom. The number of nitrogens with zero attached hydrogens (tertiary/aromatic N) is 2. The summed E-state index contributed by atoms with van der Waals surface area (Å²) in [4.78, 5) is 51.6. The fourth-order valence-electron chi connectivity index (χ4n) is 3.79. The van der Waals surface area contributed by atoms with Crippen molar-refractivity contribution in [2.24, 2.45) is 5.92 Å². The van der Waals surface area contributed by atoms with Crippen LogP contribution in [0.25, 0.3) is 11.3 Å². The summed E-state index contributed by atoms with van der Waals surface area (Å²) in [5, 5.41) is 9.22. The van der Waals surface area contributed by atoms with Gasteiger partial charge < -0.3 is 5.32 Å². The normalized spacial score (nSPS) is 14.8. The molecule has 0 saturated carbocycles. The Morgan fingerprint density at radius 3 is 2.28 bits per heavy atom. The van der Waals surface area contributed by atoms with Crippen LogP contribution in [-0.2, 0) is 4.79 Å². The molecule has 3 amide bonds. The number of nitrogens with one attached hydrogen (secondary N) is 2. The highest BCUT2D eigenvalue weighted by Gasteiger charge is 2.44. The van der Waals surface area contributed by atoms with Gasteiger partial charge in [-0.05, 0) is 36.2 Å². The zero-order valence-electron chi connectivity index (χ0n) is 17.7. The lowest BCUT2D eigenvalue weighted by molar-refractivity contribution is -0.121. The molecule has 2 heterocycles. The highest BCUT2D eigenvalue weighted by atomic mass is 16.2. The lowest BCUT2D eigenvalue weighted by atomic mass is 9.96. The Morgan fingerprint density at radius 1 is 1.00 bits per heavy atom. The number of aromatic nitrogens is 2. The molecule has 8 nitrogen and oxygen atoms in total. The average molecular weight is 430 g/mol. The van der Waals surface area contributed by atoms with Crippen LogP contribution in [0.2, 0.25) is 0 Å². The molecule has 2 N–H and O–H groups in total. The van der Waals surface area contributed by atoms with Gasteiger partial charge in [0.25, 0.3) is 17.4 Å². The molecule has 0 radical (unpaired) electrons. The number of aromatic amines is 1. The maximum atomic E-state index is 13.3. The molecule has 1 aliphatic rings. The van der Waals surface area contributed by atoms with Crippen molar-refractivity contribution >= 4 is 23.4 Å². The van der Waals surface area contributed by atoms with E-state index in [0.717, 1.165) is 4.90 Å². The summed E-state index contributed by atoms with van der Waals surface area (Å²) in [6.07, 6.45) is 0.604. The van der Waals surface area contributed by atoms with E-state index in [0.29, 0.717) is 34.5 Å². The first-order chi connectivity index (χ1) is 15.4. The van der Waals surface area contributed by atoms with Crippen molar-refractivity contribution in [2.75, 3.05) is 5.32 Å². The number of imide groups is 1. The SMILES string of the molecule is CCC(C)C(C(=O)Nc1cccc(-c2ccc(=O)[nH]n2)c1)N1C(=O)c2ccccc2C1=O. The van der Waals surface area contributed by atoms with E-state index in [-0.39, 0.29) is 11.5 Å². The lowest BCUT2D eigenvalue weighted by Gasteiger charge is -2.29. The molecule has 32 heavy (non-hydrogen) atoms. The molecule has 4 rings (SSSR count). The monoisotopic (exact) mass is 430 g/mol. The highest BCUT2D eigenvalue weighted by Crippen LogP contribution is 2.29. The van der Waals surface area contributed by atoms with Gasteiger partial charge in [-0.25, -0.2) is 5.10 Å². The maximum Gasteiger partial charge on any atom is 0.264 e. The van der Waals surface area contributed by atoms with Gasteiger partial charge in [0, 0.05) is 17.3 Å². The number of carbonyl (C=O) groups is 3. The predicted octanol–water partition coefficient (Wildman–Crippen LogP) is 3.09. The second kappa shape index (κ2) is 8.58. The minimum atomic E-state index is -0.956. The summed E-state index contributed by atoms with van der Waals surface area (Å²) >= 11 is 0. The van der Waals surface area contributed by atoms with Crippen LogP contribution in [0, 0.1) is 5.92 Å². The first-order valence-corrected chi connectivity index (χ1v) is 10.3. The number of anilines is 1. The molecule has 162 valence electrons. The lowest BCUT2D eigenvalue weighted by Crippen LogP contribution is -2.50. The number of H-pyrrole nitrogens is 1. The zero-order chi connectivity index (χ0) is 22.8. The smallest absolute Gasteiger partial charge is 0.264 e. The van der Waals surface area contributed by atoms with Gasteiger partial charge in [0.2, 0.25) is 5.91 Å². The molecule has 0 saturated heterocycles. The second-order valence-corrected chi connectivity index (χ2v) is 7.73. The molecule has 2 atom stereocenters. The Hall–Kier alpha value is -4.07. The van der Waals surface area contributed by atoms with Gasteiger partial charge in [-0.1, -0.05) is 44.5 Å². The standard InChI is InChI=1S/C24H22N4O4/c1-3-14(2)21(28-23(31)17-9-4-5-10-18(17)24(28)32)22(30)25-16-8-6-7-15(13-16)19-11-12-20(29)27-26-19/h4-14,21H,3H2,1-2H3,(H,25,30)(H,27,29). The van der Waals surface area contributed by atoms with Gasteiger partial charge in [-0.15, -0.1) is 0 Å². The average Bonchev–Trinajstić information content (AvgIpc) is 3.05. The molecule has 0 bridgehead atoms. The molecular weight excluding hydrogens is 408 g/mol. The molecule has 0 aliphatic carbocycles. The van der Waals surface area contributed by atoms with Gasteiger partial charge in [-0.2, -0.15) is 5.10 Å². The quantitative estimate of drug-likeness (QED) is 0.584. The fourth-order valence-corrected chi connectivity index (χ4v) is 3.79. The van der Waals surface area contributed by atoms with E-state index in [4.69, 9.17) is 0 Å². The highest BCUT2D eigenvalue weighted by molar-refractivity contribution is 6.23. The van der Waals surface area contributed by atoms with Crippen molar-refractivity contribution in [3.63, 3.8) is 0 Å². The predicted molar refractivity (Wildman–Crippen MR) is 119 cm³/mol. The zero-order valence-corrected chi connectivity index (χ0v) is 17.7. The van der Waals surface area contributed by atoms with Crippen molar-refractivity contribution in [3.05, 3.63) is 82.1 Å². The molecule has 2 unspecified atom stereocenters. The first-order valence-electron chi connectivity index (χ1n) is 10.3. The van der Waals surface area contributed by atoms with Crippen LogP contribution in [0.15, 0.2) is 65.5 Å². The molecule has 3 aromatic rings. The third-order valence-corrected chi connectivity index (χ3v) is 5.66. The number of rotatable bonds is 6. The molecular formula is C24H22N4O4. The van der Waals surface area contributed by atoms with Gasteiger partial charge in [-0.3, -0.25) is 24.1 Å². The van der Waals surface area contributed by atoms with Crippen molar-refractivity contribution in [3.8, 4) is 11.3 Å². The third-order valence-electron chi connectivity index (χ3n) is 5.66. The van der Waals surface area contributed by atoms with Crippen LogP contribution >= 0.6 is 0 Å². The van der Waals surface area contributed by atoms with Crippen molar-refractivity contribution in [1.29, 1.82) is 0 Å². The Kier molecular flexibility index (Phi) is 5.68. The maximum absolute atomic E-state index is 13.3. The van der Waals surface area contributed by atoms with Crippen LogP contribution in [0.3, 0.4) is 0 Å². The minimum Gasteiger partial charge on any atom is -0.324 e. The summed E-state index contributed by atoms with van der Waals surface area (Å²) < 4.78 is 0. The number of benzene rings is 2. The van der Waals surface area contributed by atoms with E-state index >= 15 is 0 Å². The van der Waals surface area contributed by atoms with Gasteiger partial charge >= 0.3 is 0 Å². The summed E-state index contributed by atoms with van der Waals surface area (Å²) in [6.45, 7) is 3.75. The van der Waals surface area contributed by atoms with E-state index in [1.165, 1.54) is 6.07 Å². The molecule has 1 aromatic heterocycles. The molecule has 0 spiro atoms. The van der Waals surface area contributed by atoms with Gasteiger partial charge in [0.05, 0.1) is 16.8 Å². The Balaban J connectivity index is 1.62. The van der Waals surface area contributed by atoms with Crippen LogP contribution in [-0.4, -0.2) is 38.9 Å². The second-order valence-electron chi connectivity index (χ2n) is 7.73. The van der Waals surface area contributed by atoms with E-state index in [1.54, 1.807) is 54.6 Å². The van der Waals surface area contributed by atoms with Crippen LogP contribution in [0.5, 0.6) is 0 Å². The molecule has 8 heteroatoms. The minimum absolute atomic E-state index is 0.249. The molecule has 0 fully saturated rings. The number of amides is 3. The summed E-state index contributed by atoms with van der Waals surface area (Å²) in [5.74, 6) is -1.61. The number of fused-ring (bicyclic) bond motifs is 1. The summed E-state index contributed by atoms with van der Waals surface area (Å²) in [7, 11) is 0. The van der Waals surface area contributed by atoms with Crippen molar-refractivity contribution < 1.29 is 14.4 Å². The largest absolute Gasteiger partial charge is 0.324 e. The van der Waals surface area contributed by atoms with Crippen molar-refractivity contribution in [2.45, 2.75) is 26.3 Å². The van der Waals surface area contributed by atoms with Gasteiger partial charge in [0.15, 0.2) is 0 Å². The van der Waals surface area contributed by atoms with Crippen LogP contribution in [0.1, 0.15) is 41.0 Å². The van der Waals surface area contributed by atoms with Crippen molar-refractivity contribution in [1.82, 2.24) is 15.1 Å². The first kappa shape index (κ1) is 21.2. The topological polar surface area (TPSA) is 112 Å². The number of carbonyl (C=O) groups excluding carboxylic acids is 3. The number of hydrogen-bond acceptors (Lipinski definition) is 5. The third kappa shape index (κ3) is 3.82. The Labute approximate surface area is 184 Å². The summed E-state index contributed by atoms with van der Waals surface area (Å²) in [5.41, 5.74) is 2.04.